The van der Waals surface area contributed by atoms with Crippen molar-refractivity contribution in [3.8, 4) is 5.75 Å². The molecule has 34 heavy (non-hydrogen) atoms. The molecule has 184 valence electrons. The van der Waals surface area contributed by atoms with E-state index < -0.39 is 22.7 Å². The fourth-order valence-corrected chi connectivity index (χ4v) is 7.10. The molecule has 2 aromatic carbocycles. The molecular formula is C28H37NO4S. The highest BCUT2D eigenvalue weighted by atomic mass is 32.2. The van der Waals surface area contributed by atoms with Crippen molar-refractivity contribution in [1.82, 2.24) is 5.32 Å². The first-order chi connectivity index (χ1) is 16.3. The van der Waals surface area contributed by atoms with Gasteiger partial charge in [-0.2, -0.15) is 0 Å². The van der Waals surface area contributed by atoms with Crippen molar-refractivity contribution in [3.63, 3.8) is 0 Å². The van der Waals surface area contributed by atoms with Crippen molar-refractivity contribution in [3.05, 3.63) is 42.0 Å². The number of carbonyl (C=O) groups excluding carboxylic acids is 1. The summed E-state index contributed by atoms with van der Waals surface area (Å²) in [5.41, 5.74) is 0.405. The van der Waals surface area contributed by atoms with E-state index in [0.29, 0.717) is 29.1 Å². The lowest BCUT2D eigenvalue weighted by atomic mass is 9.90. The third kappa shape index (κ3) is 5.88. The van der Waals surface area contributed by atoms with Crippen LogP contribution in [0.3, 0.4) is 0 Å². The van der Waals surface area contributed by atoms with Gasteiger partial charge in [-0.25, -0.2) is 4.79 Å². The molecule has 2 aliphatic carbocycles. The molecule has 0 heterocycles. The summed E-state index contributed by atoms with van der Waals surface area (Å²) in [5.74, 6) is -0.338. The van der Waals surface area contributed by atoms with Crippen LogP contribution in [0, 0.1) is 5.92 Å². The Bertz CT molecular complexity index is 1010. The van der Waals surface area contributed by atoms with Crippen molar-refractivity contribution < 1.29 is 19.4 Å². The monoisotopic (exact) mass is 483 g/mol. The lowest BCUT2D eigenvalue weighted by molar-refractivity contribution is -0.139. The number of thioether (sulfide) groups is 1. The number of nitrogens with one attached hydrogen (secondary N) is 1. The van der Waals surface area contributed by atoms with Crippen LogP contribution >= 0.6 is 11.8 Å². The van der Waals surface area contributed by atoms with E-state index in [1.54, 1.807) is 17.8 Å². The van der Waals surface area contributed by atoms with Crippen molar-refractivity contribution >= 4 is 34.4 Å². The van der Waals surface area contributed by atoms with Crippen LogP contribution in [0.25, 0.3) is 10.8 Å². The maximum atomic E-state index is 13.5. The van der Waals surface area contributed by atoms with E-state index in [1.807, 2.05) is 44.2 Å². The quantitative estimate of drug-likeness (QED) is 0.429. The first-order valence-corrected chi connectivity index (χ1v) is 13.6. The van der Waals surface area contributed by atoms with E-state index in [1.165, 1.54) is 32.1 Å². The summed E-state index contributed by atoms with van der Waals surface area (Å²) >= 11 is 1.69. The van der Waals surface area contributed by atoms with Gasteiger partial charge in [0.2, 0.25) is 0 Å². The number of amides is 1. The molecule has 0 aliphatic heterocycles. The molecule has 6 heteroatoms. The molecule has 0 bridgehead atoms. The number of benzene rings is 2. The molecule has 1 amide bonds. The molecule has 1 unspecified atom stereocenters. The third-order valence-electron chi connectivity index (χ3n) is 7.30. The van der Waals surface area contributed by atoms with E-state index in [4.69, 9.17) is 4.74 Å². The van der Waals surface area contributed by atoms with Gasteiger partial charge in [-0.1, -0.05) is 62.4 Å². The maximum absolute atomic E-state index is 13.5. The van der Waals surface area contributed by atoms with Crippen LogP contribution in [0.5, 0.6) is 5.75 Å². The number of ether oxygens (including phenoxy) is 1. The Kier molecular flexibility index (Phi) is 8.07. The van der Waals surface area contributed by atoms with E-state index in [2.05, 4.69) is 5.32 Å². The molecular weight excluding hydrogens is 446 g/mol. The van der Waals surface area contributed by atoms with Gasteiger partial charge in [-0.3, -0.25) is 4.79 Å². The number of carboxylic acids is 1. The molecule has 2 aliphatic rings. The summed E-state index contributed by atoms with van der Waals surface area (Å²) < 4.78 is 5.70. The van der Waals surface area contributed by atoms with E-state index in [9.17, 15) is 14.7 Å². The molecule has 0 radical (unpaired) electrons. The van der Waals surface area contributed by atoms with Crippen LogP contribution in [-0.2, 0) is 4.79 Å². The van der Waals surface area contributed by atoms with Gasteiger partial charge >= 0.3 is 5.97 Å². The van der Waals surface area contributed by atoms with Crippen LogP contribution in [0.15, 0.2) is 36.4 Å². The average Bonchev–Trinajstić information content (AvgIpc) is 3.33. The van der Waals surface area contributed by atoms with E-state index >= 15 is 0 Å². The molecule has 0 aromatic heterocycles. The first kappa shape index (κ1) is 24.9. The molecule has 5 nitrogen and oxygen atoms in total. The summed E-state index contributed by atoms with van der Waals surface area (Å²) in [6.45, 7) is 4.44. The minimum atomic E-state index is -1.01. The van der Waals surface area contributed by atoms with Crippen LogP contribution in [0.2, 0.25) is 0 Å². The second kappa shape index (κ2) is 11.0. The van der Waals surface area contributed by atoms with Gasteiger partial charge in [0.25, 0.3) is 5.91 Å². The fourth-order valence-electron chi connectivity index (χ4n) is 5.38. The van der Waals surface area contributed by atoms with Crippen LogP contribution < -0.4 is 10.1 Å². The molecule has 2 saturated carbocycles. The van der Waals surface area contributed by atoms with Crippen LogP contribution in [-0.4, -0.2) is 39.6 Å². The Morgan fingerprint density at radius 2 is 1.71 bits per heavy atom. The van der Waals surface area contributed by atoms with Gasteiger partial charge in [-0.05, 0) is 56.9 Å². The van der Waals surface area contributed by atoms with Crippen molar-refractivity contribution in [2.75, 3.05) is 6.61 Å². The lowest BCUT2D eigenvalue weighted by Crippen LogP contribution is -2.53. The predicted molar refractivity (Wildman–Crippen MR) is 139 cm³/mol. The normalized spacial score (nSPS) is 18.6. The number of aliphatic carboxylic acids is 1. The molecule has 2 N–H and O–H groups in total. The number of carboxylic acid groups (broad SMARTS) is 1. The van der Waals surface area contributed by atoms with Crippen LogP contribution in [0.4, 0.5) is 0 Å². The van der Waals surface area contributed by atoms with Crippen LogP contribution in [0.1, 0.15) is 82.0 Å². The largest absolute Gasteiger partial charge is 0.492 e. The Morgan fingerprint density at radius 3 is 2.41 bits per heavy atom. The number of rotatable bonds is 9. The second-order valence-corrected chi connectivity index (χ2v) is 12.3. The van der Waals surface area contributed by atoms with Crippen molar-refractivity contribution in [2.45, 2.75) is 87.7 Å². The third-order valence-corrected chi connectivity index (χ3v) is 8.95. The SMILES string of the molecule is CC(C)(SC1CCCC1)C(NC(=O)c1ccc2ccccc2c1OCC1CCCCC1)C(=O)O. The average molecular weight is 484 g/mol. The van der Waals surface area contributed by atoms with Crippen molar-refractivity contribution in [1.29, 1.82) is 0 Å². The second-order valence-electron chi connectivity index (χ2n) is 10.4. The fraction of sp³-hybridized carbons (Fsp3) is 0.571. The first-order valence-electron chi connectivity index (χ1n) is 12.7. The van der Waals surface area contributed by atoms with Gasteiger partial charge < -0.3 is 15.2 Å². The van der Waals surface area contributed by atoms with E-state index in [-0.39, 0.29) is 0 Å². The minimum absolute atomic E-state index is 0.392. The summed E-state index contributed by atoms with van der Waals surface area (Å²) in [6, 6.07) is 10.6. The maximum Gasteiger partial charge on any atom is 0.327 e. The smallest absolute Gasteiger partial charge is 0.327 e. The zero-order valence-electron chi connectivity index (χ0n) is 20.3. The Balaban J connectivity index is 1.57. The van der Waals surface area contributed by atoms with Gasteiger partial charge in [0.15, 0.2) is 0 Å². The number of hydrogen-bond donors (Lipinski definition) is 2. The number of fused-ring (bicyclic) bond motifs is 1. The highest BCUT2D eigenvalue weighted by Gasteiger charge is 2.40. The Hall–Kier alpha value is -2.21. The topological polar surface area (TPSA) is 75.6 Å². The van der Waals surface area contributed by atoms with Gasteiger partial charge in [-0.15, -0.1) is 11.8 Å². The lowest BCUT2D eigenvalue weighted by Gasteiger charge is -2.34. The standard InChI is InChI=1S/C28H37NO4S/c1-28(2,34-21-13-7-8-14-21)25(27(31)32)29-26(30)23-17-16-20-12-6-9-15-22(20)24(23)33-18-19-10-4-3-5-11-19/h6,9,12,15-17,19,21,25H,3-5,7-8,10-11,13-14,18H2,1-2H3,(H,29,30)(H,31,32). The van der Waals surface area contributed by atoms with Gasteiger partial charge in [0.1, 0.15) is 11.8 Å². The highest BCUT2D eigenvalue weighted by molar-refractivity contribution is 8.01. The van der Waals surface area contributed by atoms with Gasteiger partial charge in [0.05, 0.1) is 12.2 Å². The highest BCUT2D eigenvalue weighted by Crippen LogP contribution is 2.40. The van der Waals surface area contributed by atoms with E-state index in [0.717, 1.165) is 36.5 Å². The summed E-state index contributed by atoms with van der Waals surface area (Å²) in [6.07, 6.45) is 10.6. The zero-order chi connectivity index (χ0) is 24.1. The predicted octanol–water partition coefficient (Wildman–Crippen LogP) is 6.44. The summed E-state index contributed by atoms with van der Waals surface area (Å²) in [7, 11) is 0. The molecule has 0 spiro atoms. The Labute approximate surface area is 207 Å². The molecule has 4 rings (SSSR count). The zero-order valence-corrected chi connectivity index (χ0v) is 21.2. The minimum Gasteiger partial charge on any atom is -0.492 e. The molecule has 2 aromatic rings. The molecule has 1 atom stereocenters. The molecule has 2 fully saturated rings. The van der Waals surface area contributed by atoms with Crippen molar-refractivity contribution in [2.24, 2.45) is 5.92 Å². The summed E-state index contributed by atoms with van der Waals surface area (Å²) in [4.78, 5) is 25.8. The van der Waals surface area contributed by atoms with Gasteiger partial charge in [0, 0.05) is 15.4 Å². The number of carbonyl (C=O) groups is 2. The Morgan fingerprint density at radius 1 is 1.03 bits per heavy atom. The summed E-state index contributed by atoms with van der Waals surface area (Å²) in [5, 5.41) is 15.2. The molecule has 0 saturated heterocycles. The number of hydrogen-bond acceptors (Lipinski definition) is 4.